The molecule has 0 aliphatic heterocycles. The van der Waals surface area contributed by atoms with Crippen molar-refractivity contribution in [3.8, 4) is 0 Å². The molecule has 0 radical (unpaired) electrons. The highest BCUT2D eigenvalue weighted by Crippen LogP contribution is 2.15. The predicted octanol–water partition coefficient (Wildman–Crippen LogP) is 2.30. The fraction of sp³-hybridized carbons (Fsp3) is 0.400. The number of hydrogen-bond acceptors (Lipinski definition) is 2. The van der Waals surface area contributed by atoms with Gasteiger partial charge in [-0.1, -0.05) is 13.8 Å². The number of rotatable bonds is 1. The van der Waals surface area contributed by atoms with Gasteiger partial charge in [-0.25, -0.2) is 13.9 Å². The Morgan fingerprint density at radius 1 is 1.43 bits per heavy atom. The van der Waals surface area contributed by atoms with Gasteiger partial charge in [0.05, 0.1) is 17.6 Å². The highest BCUT2D eigenvalue weighted by molar-refractivity contribution is 5.40. The predicted molar refractivity (Wildman–Crippen MR) is 51.8 cm³/mol. The second-order valence-corrected chi connectivity index (χ2v) is 3.72. The van der Waals surface area contributed by atoms with E-state index in [1.165, 1.54) is 10.6 Å². The molecular formula is C10H12FN3. The Bertz CT molecular complexity index is 473. The third-order valence-corrected chi connectivity index (χ3v) is 2.11. The minimum Gasteiger partial charge on any atom is -0.230 e. The number of aryl methyl sites for hydroxylation is 1. The number of nitrogens with zero attached hydrogens (tertiary/aromatic N) is 3. The summed E-state index contributed by atoms with van der Waals surface area (Å²) < 4.78 is 15.0. The highest BCUT2D eigenvalue weighted by Gasteiger charge is 2.09. The molecule has 4 heteroatoms. The van der Waals surface area contributed by atoms with Crippen LogP contribution in [0.4, 0.5) is 4.39 Å². The molecule has 0 amide bonds. The van der Waals surface area contributed by atoms with Crippen LogP contribution in [-0.4, -0.2) is 14.6 Å². The standard InChI is InChI=1S/C10H12FN3/c1-6(2)9-4-8(11)10-12-7(3)5-14(10)13-9/h4-6H,1-3H3. The van der Waals surface area contributed by atoms with Crippen LogP contribution in [0, 0.1) is 12.7 Å². The summed E-state index contributed by atoms with van der Waals surface area (Å²) in [5.41, 5.74) is 1.82. The molecule has 2 rings (SSSR count). The van der Waals surface area contributed by atoms with Crippen molar-refractivity contribution in [2.24, 2.45) is 0 Å². The number of aromatic nitrogens is 3. The van der Waals surface area contributed by atoms with E-state index in [1.54, 1.807) is 6.20 Å². The molecule has 0 saturated heterocycles. The Hall–Kier alpha value is -1.45. The summed E-state index contributed by atoms with van der Waals surface area (Å²) in [4.78, 5) is 4.04. The molecule has 0 aliphatic carbocycles. The summed E-state index contributed by atoms with van der Waals surface area (Å²) >= 11 is 0. The van der Waals surface area contributed by atoms with Crippen molar-refractivity contribution in [1.29, 1.82) is 0 Å². The molecule has 0 N–H and O–H groups in total. The molecule has 2 heterocycles. The first kappa shape index (κ1) is 9.12. The molecule has 0 spiro atoms. The van der Waals surface area contributed by atoms with Crippen LogP contribution in [0.3, 0.4) is 0 Å². The lowest BCUT2D eigenvalue weighted by atomic mass is 10.1. The number of hydrogen-bond donors (Lipinski definition) is 0. The van der Waals surface area contributed by atoms with Gasteiger partial charge in [0.1, 0.15) is 0 Å². The van der Waals surface area contributed by atoms with Crippen molar-refractivity contribution in [2.75, 3.05) is 0 Å². The van der Waals surface area contributed by atoms with Crippen molar-refractivity contribution in [3.63, 3.8) is 0 Å². The smallest absolute Gasteiger partial charge is 0.190 e. The van der Waals surface area contributed by atoms with Gasteiger partial charge in [-0.05, 0) is 12.8 Å². The number of imidazole rings is 1. The minimum atomic E-state index is -0.309. The van der Waals surface area contributed by atoms with E-state index in [1.807, 2.05) is 20.8 Å². The topological polar surface area (TPSA) is 30.2 Å². The Labute approximate surface area is 81.6 Å². The van der Waals surface area contributed by atoms with E-state index in [0.29, 0.717) is 5.65 Å². The van der Waals surface area contributed by atoms with E-state index in [2.05, 4.69) is 10.1 Å². The molecule has 0 bridgehead atoms. The molecule has 0 saturated carbocycles. The first-order valence-corrected chi connectivity index (χ1v) is 4.60. The van der Waals surface area contributed by atoms with Crippen molar-refractivity contribution in [1.82, 2.24) is 14.6 Å². The lowest BCUT2D eigenvalue weighted by Crippen LogP contribution is -2.01. The fourth-order valence-corrected chi connectivity index (χ4v) is 1.35. The molecule has 2 aromatic heterocycles. The second-order valence-electron chi connectivity index (χ2n) is 3.72. The zero-order valence-electron chi connectivity index (χ0n) is 8.45. The van der Waals surface area contributed by atoms with E-state index in [4.69, 9.17) is 0 Å². The molecule has 2 aromatic rings. The van der Waals surface area contributed by atoms with Crippen LogP contribution < -0.4 is 0 Å². The van der Waals surface area contributed by atoms with Crippen LogP contribution >= 0.6 is 0 Å². The Kier molecular flexibility index (Phi) is 1.98. The first-order valence-electron chi connectivity index (χ1n) is 4.60. The van der Waals surface area contributed by atoms with E-state index < -0.39 is 0 Å². The molecule has 0 unspecified atom stereocenters. The van der Waals surface area contributed by atoms with E-state index in [-0.39, 0.29) is 11.7 Å². The zero-order chi connectivity index (χ0) is 10.3. The number of halogens is 1. The highest BCUT2D eigenvalue weighted by atomic mass is 19.1. The Balaban J connectivity index is 2.71. The maximum atomic E-state index is 13.5. The van der Waals surface area contributed by atoms with Crippen molar-refractivity contribution >= 4 is 5.65 Å². The maximum absolute atomic E-state index is 13.5. The zero-order valence-corrected chi connectivity index (χ0v) is 8.45. The minimum absolute atomic E-state index is 0.219. The third-order valence-electron chi connectivity index (χ3n) is 2.11. The third kappa shape index (κ3) is 1.36. The van der Waals surface area contributed by atoms with E-state index in [0.717, 1.165) is 11.4 Å². The maximum Gasteiger partial charge on any atom is 0.190 e. The van der Waals surface area contributed by atoms with Gasteiger partial charge in [0.15, 0.2) is 11.5 Å². The quantitative estimate of drug-likeness (QED) is 0.695. The van der Waals surface area contributed by atoms with Crippen LogP contribution in [-0.2, 0) is 0 Å². The summed E-state index contributed by atoms with van der Waals surface area (Å²) in [7, 11) is 0. The van der Waals surface area contributed by atoms with Gasteiger partial charge in [0.25, 0.3) is 0 Å². The van der Waals surface area contributed by atoms with Crippen LogP contribution in [0.5, 0.6) is 0 Å². The van der Waals surface area contributed by atoms with Crippen molar-refractivity contribution in [2.45, 2.75) is 26.7 Å². The average Bonchev–Trinajstić information content (AvgIpc) is 2.45. The van der Waals surface area contributed by atoms with Gasteiger partial charge >= 0.3 is 0 Å². The molecule has 3 nitrogen and oxygen atoms in total. The molecule has 14 heavy (non-hydrogen) atoms. The lowest BCUT2D eigenvalue weighted by Gasteiger charge is -2.04. The van der Waals surface area contributed by atoms with Gasteiger partial charge in [-0.3, -0.25) is 0 Å². The number of fused-ring (bicyclic) bond motifs is 1. The molecule has 0 aromatic carbocycles. The van der Waals surface area contributed by atoms with Gasteiger partial charge in [-0.15, -0.1) is 0 Å². The first-order chi connectivity index (χ1) is 6.58. The second kappa shape index (κ2) is 3.04. The van der Waals surface area contributed by atoms with E-state index in [9.17, 15) is 4.39 Å². The molecule has 0 fully saturated rings. The van der Waals surface area contributed by atoms with Crippen LogP contribution in [0.25, 0.3) is 5.65 Å². The van der Waals surface area contributed by atoms with Gasteiger partial charge in [-0.2, -0.15) is 5.10 Å². The Morgan fingerprint density at radius 2 is 2.14 bits per heavy atom. The largest absolute Gasteiger partial charge is 0.230 e. The summed E-state index contributed by atoms with van der Waals surface area (Å²) in [6.07, 6.45) is 1.73. The molecule has 74 valence electrons. The van der Waals surface area contributed by atoms with Crippen LogP contribution in [0.2, 0.25) is 0 Å². The normalized spacial score (nSPS) is 11.5. The fourth-order valence-electron chi connectivity index (χ4n) is 1.35. The molecule has 0 aliphatic rings. The summed E-state index contributed by atoms with van der Waals surface area (Å²) in [5, 5.41) is 4.27. The SMILES string of the molecule is Cc1cn2nc(C(C)C)cc(F)c2n1. The Morgan fingerprint density at radius 3 is 2.79 bits per heavy atom. The van der Waals surface area contributed by atoms with Crippen molar-refractivity contribution in [3.05, 3.63) is 29.5 Å². The van der Waals surface area contributed by atoms with Gasteiger partial charge in [0.2, 0.25) is 0 Å². The van der Waals surface area contributed by atoms with E-state index >= 15 is 0 Å². The summed E-state index contributed by atoms with van der Waals surface area (Å²) in [6, 6.07) is 1.45. The summed E-state index contributed by atoms with van der Waals surface area (Å²) in [6.45, 7) is 5.79. The van der Waals surface area contributed by atoms with Crippen LogP contribution in [0.1, 0.15) is 31.2 Å². The van der Waals surface area contributed by atoms with Crippen molar-refractivity contribution < 1.29 is 4.39 Å². The monoisotopic (exact) mass is 193 g/mol. The molecule has 0 atom stereocenters. The molecular weight excluding hydrogens is 181 g/mol. The summed E-state index contributed by atoms with van der Waals surface area (Å²) in [5.74, 6) is -0.0894. The average molecular weight is 193 g/mol. The van der Waals surface area contributed by atoms with Gasteiger partial charge in [0, 0.05) is 6.07 Å². The van der Waals surface area contributed by atoms with Crippen LogP contribution in [0.15, 0.2) is 12.3 Å². The lowest BCUT2D eigenvalue weighted by molar-refractivity contribution is 0.610. The van der Waals surface area contributed by atoms with Gasteiger partial charge < -0.3 is 0 Å².